The molecule has 2 aromatic heterocycles. The smallest absolute Gasteiger partial charge is 0.233 e. The van der Waals surface area contributed by atoms with Crippen LogP contribution in [-0.4, -0.2) is 37.9 Å². The van der Waals surface area contributed by atoms with Crippen LogP contribution in [0.3, 0.4) is 0 Å². The Balaban J connectivity index is 1.40. The van der Waals surface area contributed by atoms with E-state index in [9.17, 15) is 4.79 Å². The van der Waals surface area contributed by atoms with Gasteiger partial charge in [-0.05, 0) is 35.9 Å². The van der Waals surface area contributed by atoms with Crippen LogP contribution in [0.2, 0.25) is 0 Å². The van der Waals surface area contributed by atoms with Gasteiger partial charge < -0.3 is 9.47 Å². The number of rotatable bonds is 5. The van der Waals surface area contributed by atoms with E-state index in [2.05, 4.69) is 40.7 Å². The first-order valence-corrected chi connectivity index (χ1v) is 10.5. The predicted molar refractivity (Wildman–Crippen MR) is 104 cm³/mol. The van der Waals surface area contributed by atoms with Gasteiger partial charge in [0.25, 0.3) is 0 Å². The van der Waals surface area contributed by atoms with Gasteiger partial charge in [-0.15, -0.1) is 21.5 Å². The molecule has 0 fully saturated rings. The molecule has 1 aliphatic rings. The van der Waals surface area contributed by atoms with E-state index in [1.165, 1.54) is 27.8 Å². The summed E-state index contributed by atoms with van der Waals surface area (Å²) in [6, 6.07) is 12.5. The highest BCUT2D eigenvalue weighted by Gasteiger charge is 2.22. The number of amides is 1. The Morgan fingerprint density at radius 1 is 1.31 bits per heavy atom. The monoisotopic (exact) mass is 384 g/mol. The Morgan fingerprint density at radius 2 is 2.15 bits per heavy atom. The third-order valence-electron chi connectivity index (χ3n) is 4.72. The minimum atomic E-state index is 0.132. The number of carbonyl (C=O) groups is 1. The SMILES string of the molecule is CC(c1ccccc1)n1cnnc1SCC(=O)N1CCc2sccc2C1. The molecule has 1 unspecified atom stereocenters. The standard InChI is InChI=1S/C19H20N4OS2/c1-14(15-5-3-2-4-6-15)23-13-20-21-19(23)26-12-18(24)22-9-7-17-16(11-22)8-10-25-17/h2-6,8,10,13-14H,7,9,11-12H2,1H3. The van der Waals surface area contributed by atoms with Crippen molar-refractivity contribution in [3.63, 3.8) is 0 Å². The molecule has 26 heavy (non-hydrogen) atoms. The molecule has 7 heteroatoms. The molecule has 0 N–H and O–H groups in total. The molecule has 1 aliphatic heterocycles. The molecular weight excluding hydrogens is 364 g/mol. The average molecular weight is 385 g/mol. The van der Waals surface area contributed by atoms with E-state index in [1.54, 1.807) is 17.7 Å². The molecule has 0 radical (unpaired) electrons. The lowest BCUT2D eigenvalue weighted by Crippen LogP contribution is -2.36. The van der Waals surface area contributed by atoms with Crippen molar-refractivity contribution in [2.24, 2.45) is 0 Å². The van der Waals surface area contributed by atoms with Crippen LogP contribution in [-0.2, 0) is 17.8 Å². The van der Waals surface area contributed by atoms with Gasteiger partial charge in [0.1, 0.15) is 6.33 Å². The lowest BCUT2D eigenvalue weighted by Gasteiger charge is -2.27. The molecule has 0 bridgehead atoms. The molecule has 134 valence electrons. The van der Waals surface area contributed by atoms with Crippen LogP contribution in [0.5, 0.6) is 0 Å². The molecule has 0 saturated carbocycles. The molecule has 3 heterocycles. The van der Waals surface area contributed by atoms with Crippen LogP contribution in [0.15, 0.2) is 53.3 Å². The van der Waals surface area contributed by atoms with Gasteiger partial charge >= 0.3 is 0 Å². The number of thioether (sulfide) groups is 1. The van der Waals surface area contributed by atoms with Crippen molar-refractivity contribution in [2.75, 3.05) is 12.3 Å². The summed E-state index contributed by atoms with van der Waals surface area (Å²) < 4.78 is 2.03. The summed E-state index contributed by atoms with van der Waals surface area (Å²) in [6.45, 7) is 3.65. The number of carbonyl (C=O) groups excluding carboxylic acids is 1. The number of benzene rings is 1. The first kappa shape index (κ1) is 17.3. The molecule has 1 atom stereocenters. The molecular formula is C19H20N4OS2. The van der Waals surface area contributed by atoms with E-state index < -0.39 is 0 Å². The minimum absolute atomic E-state index is 0.132. The third-order valence-corrected chi connectivity index (χ3v) is 6.69. The maximum atomic E-state index is 12.6. The van der Waals surface area contributed by atoms with Gasteiger partial charge in [-0.2, -0.15) is 0 Å². The summed E-state index contributed by atoms with van der Waals surface area (Å²) in [6.07, 6.45) is 2.70. The van der Waals surface area contributed by atoms with Crippen LogP contribution in [0.25, 0.3) is 0 Å². The zero-order chi connectivity index (χ0) is 17.9. The van der Waals surface area contributed by atoms with Crippen LogP contribution >= 0.6 is 23.1 Å². The van der Waals surface area contributed by atoms with Crippen LogP contribution in [0.4, 0.5) is 0 Å². The second-order valence-electron chi connectivity index (χ2n) is 6.33. The molecule has 0 spiro atoms. The molecule has 3 aromatic rings. The lowest BCUT2D eigenvalue weighted by molar-refractivity contribution is -0.129. The number of aromatic nitrogens is 3. The summed E-state index contributed by atoms with van der Waals surface area (Å²) in [5.41, 5.74) is 2.49. The largest absolute Gasteiger partial charge is 0.337 e. The van der Waals surface area contributed by atoms with Crippen LogP contribution in [0.1, 0.15) is 29.0 Å². The van der Waals surface area contributed by atoms with Crippen LogP contribution in [0, 0.1) is 0 Å². The topological polar surface area (TPSA) is 51.0 Å². The number of thiophene rings is 1. The van der Waals surface area contributed by atoms with E-state index in [1.807, 2.05) is 27.7 Å². The second kappa shape index (κ2) is 7.63. The van der Waals surface area contributed by atoms with Gasteiger partial charge in [0.15, 0.2) is 5.16 Å². The van der Waals surface area contributed by atoms with E-state index in [4.69, 9.17) is 0 Å². The molecule has 1 aromatic carbocycles. The number of fused-ring (bicyclic) bond motifs is 1. The Hall–Kier alpha value is -2.12. The van der Waals surface area contributed by atoms with Crippen molar-refractivity contribution in [1.29, 1.82) is 0 Å². The van der Waals surface area contributed by atoms with E-state index in [0.717, 1.165) is 24.7 Å². The first-order chi connectivity index (χ1) is 12.7. The summed E-state index contributed by atoms with van der Waals surface area (Å²) in [7, 11) is 0. The minimum Gasteiger partial charge on any atom is -0.337 e. The fourth-order valence-corrected chi connectivity index (χ4v) is 4.96. The van der Waals surface area contributed by atoms with Crippen molar-refractivity contribution < 1.29 is 4.79 Å². The van der Waals surface area contributed by atoms with Gasteiger partial charge in [-0.1, -0.05) is 42.1 Å². The van der Waals surface area contributed by atoms with Crippen molar-refractivity contribution in [1.82, 2.24) is 19.7 Å². The van der Waals surface area contributed by atoms with Gasteiger partial charge in [0.2, 0.25) is 5.91 Å². The van der Waals surface area contributed by atoms with Crippen molar-refractivity contribution in [2.45, 2.75) is 31.1 Å². The maximum Gasteiger partial charge on any atom is 0.233 e. The number of hydrogen-bond acceptors (Lipinski definition) is 5. The number of nitrogens with zero attached hydrogens (tertiary/aromatic N) is 4. The lowest BCUT2D eigenvalue weighted by atomic mass is 10.1. The molecule has 0 aliphatic carbocycles. The van der Waals surface area contributed by atoms with Crippen molar-refractivity contribution in [3.8, 4) is 0 Å². The zero-order valence-electron chi connectivity index (χ0n) is 14.5. The second-order valence-corrected chi connectivity index (χ2v) is 8.27. The van der Waals surface area contributed by atoms with Gasteiger partial charge in [0.05, 0.1) is 11.8 Å². The Kier molecular flexibility index (Phi) is 5.08. The predicted octanol–water partition coefficient (Wildman–Crippen LogP) is 3.63. The number of hydrogen-bond donors (Lipinski definition) is 0. The average Bonchev–Trinajstić information content (AvgIpc) is 3.34. The zero-order valence-corrected chi connectivity index (χ0v) is 16.2. The van der Waals surface area contributed by atoms with Crippen molar-refractivity contribution in [3.05, 3.63) is 64.1 Å². The Labute approximate surface area is 161 Å². The van der Waals surface area contributed by atoms with Gasteiger partial charge in [-0.25, -0.2) is 0 Å². The Bertz CT molecular complexity index is 890. The summed E-state index contributed by atoms with van der Waals surface area (Å²) in [4.78, 5) is 16.0. The molecule has 1 amide bonds. The van der Waals surface area contributed by atoms with Crippen molar-refractivity contribution >= 4 is 29.0 Å². The van der Waals surface area contributed by atoms with E-state index in [0.29, 0.717) is 5.75 Å². The normalized spacial score (nSPS) is 14.9. The fraction of sp³-hybridized carbons (Fsp3) is 0.316. The highest BCUT2D eigenvalue weighted by Crippen LogP contribution is 2.27. The molecule has 0 saturated heterocycles. The molecule has 5 nitrogen and oxygen atoms in total. The summed E-state index contributed by atoms with van der Waals surface area (Å²) in [5, 5.41) is 11.2. The quantitative estimate of drug-likeness (QED) is 0.631. The summed E-state index contributed by atoms with van der Waals surface area (Å²) >= 11 is 3.25. The fourth-order valence-electron chi connectivity index (χ4n) is 3.17. The third kappa shape index (κ3) is 3.54. The molecule has 4 rings (SSSR count). The van der Waals surface area contributed by atoms with Crippen LogP contribution < -0.4 is 0 Å². The summed E-state index contributed by atoms with van der Waals surface area (Å²) in [5.74, 6) is 0.549. The van der Waals surface area contributed by atoms with Gasteiger partial charge in [-0.3, -0.25) is 4.79 Å². The van der Waals surface area contributed by atoms with E-state index in [-0.39, 0.29) is 11.9 Å². The highest BCUT2D eigenvalue weighted by molar-refractivity contribution is 7.99. The van der Waals surface area contributed by atoms with E-state index >= 15 is 0 Å². The highest BCUT2D eigenvalue weighted by atomic mass is 32.2. The Morgan fingerprint density at radius 3 is 3.00 bits per heavy atom. The first-order valence-electron chi connectivity index (χ1n) is 8.62. The maximum absolute atomic E-state index is 12.6. The van der Waals surface area contributed by atoms with Gasteiger partial charge in [0, 0.05) is 18.0 Å².